The van der Waals surface area contributed by atoms with Crippen molar-refractivity contribution in [3.05, 3.63) is 35.6 Å². The number of ether oxygens (including phenoxy) is 2. The van der Waals surface area contributed by atoms with Gasteiger partial charge in [0.05, 0.1) is 20.5 Å². The second kappa shape index (κ2) is 4.55. The molecule has 2 nitrogen and oxygen atoms in total. The summed E-state index contributed by atoms with van der Waals surface area (Å²) in [6.07, 6.45) is 3.54. The van der Waals surface area contributed by atoms with Gasteiger partial charge < -0.3 is 9.47 Å². The summed E-state index contributed by atoms with van der Waals surface area (Å²) in [7, 11) is 3.29. The summed E-state index contributed by atoms with van der Waals surface area (Å²) in [5, 5.41) is 0. The zero-order valence-corrected chi connectivity index (χ0v) is 8.20. The third-order valence-corrected chi connectivity index (χ3v) is 1.87. The molecule has 0 spiro atoms. The Morgan fingerprint density at radius 3 is 2.62 bits per heavy atom. The number of methoxy groups -OCH3 is 2. The molecule has 0 aliphatic carbocycles. The molecule has 0 saturated carbocycles. The molecule has 0 aliphatic rings. The largest absolute Gasteiger partial charge is 0.504 e. The monoisotopic (exact) mass is 178 g/mol. The maximum Gasteiger partial charge on any atom is 0.126 e. The van der Waals surface area contributed by atoms with Gasteiger partial charge in [-0.25, -0.2) is 0 Å². The molecule has 0 aliphatic heterocycles. The van der Waals surface area contributed by atoms with Gasteiger partial charge in [0, 0.05) is 5.56 Å². The van der Waals surface area contributed by atoms with E-state index in [1.807, 2.05) is 31.2 Å². The highest BCUT2D eigenvalue weighted by molar-refractivity contribution is 5.60. The van der Waals surface area contributed by atoms with E-state index in [0.29, 0.717) is 0 Å². The van der Waals surface area contributed by atoms with Gasteiger partial charge in [-0.2, -0.15) is 0 Å². The van der Waals surface area contributed by atoms with Crippen LogP contribution in [0, 0.1) is 6.92 Å². The van der Waals surface area contributed by atoms with Gasteiger partial charge in [0.1, 0.15) is 5.75 Å². The molecule has 0 unspecified atom stereocenters. The molecule has 0 N–H and O–H groups in total. The molecule has 0 atom stereocenters. The SMILES string of the molecule is COC=Cc1c(C)cccc1OC. The smallest absolute Gasteiger partial charge is 0.126 e. The lowest BCUT2D eigenvalue weighted by molar-refractivity contribution is 0.341. The first-order valence-corrected chi connectivity index (χ1v) is 4.12. The topological polar surface area (TPSA) is 18.5 Å². The van der Waals surface area contributed by atoms with Crippen LogP contribution < -0.4 is 4.74 Å². The molecule has 0 amide bonds. The van der Waals surface area contributed by atoms with Crippen molar-refractivity contribution in [3.8, 4) is 5.75 Å². The van der Waals surface area contributed by atoms with Gasteiger partial charge >= 0.3 is 0 Å². The zero-order chi connectivity index (χ0) is 9.68. The van der Waals surface area contributed by atoms with Crippen molar-refractivity contribution in [3.63, 3.8) is 0 Å². The van der Waals surface area contributed by atoms with Crippen molar-refractivity contribution in [2.75, 3.05) is 14.2 Å². The Morgan fingerprint density at radius 1 is 1.23 bits per heavy atom. The second-order valence-electron chi connectivity index (χ2n) is 2.73. The van der Waals surface area contributed by atoms with E-state index in [4.69, 9.17) is 9.47 Å². The lowest BCUT2D eigenvalue weighted by Crippen LogP contribution is -1.89. The van der Waals surface area contributed by atoms with E-state index in [2.05, 4.69) is 0 Å². The van der Waals surface area contributed by atoms with Crippen LogP contribution in [0.1, 0.15) is 11.1 Å². The van der Waals surface area contributed by atoms with Crippen LogP contribution >= 0.6 is 0 Å². The molecule has 0 aromatic heterocycles. The molecule has 0 radical (unpaired) electrons. The first-order valence-electron chi connectivity index (χ1n) is 4.12. The average Bonchev–Trinajstić information content (AvgIpc) is 2.15. The lowest BCUT2D eigenvalue weighted by atomic mass is 10.1. The summed E-state index contributed by atoms with van der Waals surface area (Å²) in [6, 6.07) is 5.94. The molecule has 0 bridgehead atoms. The van der Waals surface area contributed by atoms with Gasteiger partial charge in [-0.05, 0) is 24.6 Å². The van der Waals surface area contributed by atoms with Crippen LogP contribution in [-0.2, 0) is 4.74 Å². The summed E-state index contributed by atoms with van der Waals surface area (Å²) in [6.45, 7) is 2.04. The molecule has 70 valence electrons. The van der Waals surface area contributed by atoms with Crippen molar-refractivity contribution in [2.24, 2.45) is 0 Å². The molecule has 1 aromatic carbocycles. The van der Waals surface area contributed by atoms with E-state index < -0.39 is 0 Å². The zero-order valence-electron chi connectivity index (χ0n) is 8.20. The Kier molecular flexibility index (Phi) is 3.38. The van der Waals surface area contributed by atoms with Crippen LogP contribution in [0.5, 0.6) is 5.75 Å². The molecule has 1 aromatic rings. The van der Waals surface area contributed by atoms with Crippen molar-refractivity contribution < 1.29 is 9.47 Å². The Labute approximate surface area is 78.8 Å². The predicted octanol–water partition coefficient (Wildman–Crippen LogP) is 2.62. The minimum Gasteiger partial charge on any atom is -0.504 e. The number of hydrogen-bond donors (Lipinski definition) is 0. The maximum atomic E-state index is 5.22. The average molecular weight is 178 g/mol. The standard InChI is InChI=1S/C11H14O2/c1-9-5-4-6-11(13-3)10(9)7-8-12-2/h4-8H,1-3H3. The molecule has 0 heterocycles. The van der Waals surface area contributed by atoms with Crippen LogP contribution in [0.2, 0.25) is 0 Å². The quantitative estimate of drug-likeness (QED) is 0.662. The number of aryl methyl sites for hydroxylation is 1. The number of benzene rings is 1. The van der Waals surface area contributed by atoms with Gasteiger partial charge in [-0.1, -0.05) is 12.1 Å². The summed E-state index contributed by atoms with van der Waals surface area (Å²) in [5.74, 6) is 0.869. The summed E-state index contributed by atoms with van der Waals surface area (Å²) in [5.41, 5.74) is 2.24. The molecular formula is C11H14O2. The van der Waals surface area contributed by atoms with Crippen molar-refractivity contribution in [1.82, 2.24) is 0 Å². The van der Waals surface area contributed by atoms with E-state index in [-0.39, 0.29) is 0 Å². The Hall–Kier alpha value is -1.44. The van der Waals surface area contributed by atoms with Gasteiger partial charge in [-0.3, -0.25) is 0 Å². The fourth-order valence-electron chi connectivity index (χ4n) is 1.18. The lowest BCUT2D eigenvalue weighted by Gasteiger charge is -2.06. The van der Waals surface area contributed by atoms with Crippen LogP contribution in [0.3, 0.4) is 0 Å². The first-order chi connectivity index (χ1) is 6.29. The van der Waals surface area contributed by atoms with Crippen LogP contribution in [0.4, 0.5) is 0 Å². The molecular weight excluding hydrogens is 164 g/mol. The predicted molar refractivity (Wildman–Crippen MR) is 53.8 cm³/mol. The van der Waals surface area contributed by atoms with Crippen LogP contribution in [0.25, 0.3) is 6.08 Å². The fourth-order valence-corrected chi connectivity index (χ4v) is 1.18. The minimum atomic E-state index is 0.869. The number of hydrogen-bond acceptors (Lipinski definition) is 2. The highest BCUT2D eigenvalue weighted by Crippen LogP contribution is 2.22. The summed E-state index contributed by atoms with van der Waals surface area (Å²) in [4.78, 5) is 0. The van der Waals surface area contributed by atoms with E-state index in [9.17, 15) is 0 Å². The van der Waals surface area contributed by atoms with Crippen LogP contribution in [-0.4, -0.2) is 14.2 Å². The van der Waals surface area contributed by atoms with Crippen LogP contribution in [0.15, 0.2) is 24.5 Å². The highest BCUT2D eigenvalue weighted by atomic mass is 16.5. The van der Waals surface area contributed by atoms with Crippen molar-refractivity contribution in [1.29, 1.82) is 0 Å². The van der Waals surface area contributed by atoms with E-state index in [0.717, 1.165) is 11.3 Å². The molecule has 1 rings (SSSR count). The number of rotatable bonds is 3. The fraction of sp³-hybridized carbons (Fsp3) is 0.273. The van der Waals surface area contributed by atoms with Crippen molar-refractivity contribution >= 4 is 6.08 Å². The normalized spacial score (nSPS) is 10.4. The molecule has 13 heavy (non-hydrogen) atoms. The summed E-state index contributed by atoms with van der Waals surface area (Å²) >= 11 is 0. The molecule has 0 saturated heterocycles. The molecule has 0 fully saturated rings. The highest BCUT2D eigenvalue weighted by Gasteiger charge is 2.01. The second-order valence-corrected chi connectivity index (χ2v) is 2.73. The minimum absolute atomic E-state index is 0.869. The van der Waals surface area contributed by atoms with Gasteiger partial charge in [0.15, 0.2) is 0 Å². The maximum absolute atomic E-state index is 5.22. The van der Waals surface area contributed by atoms with E-state index in [1.54, 1.807) is 20.5 Å². The van der Waals surface area contributed by atoms with Gasteiger partial charge in [0.2, 0.25) is 0 Å². The third-order valence-electron chi connectivity index (χ3n) is 1.87. The van der Waals surface area contributed by atoms with Gasteiger partial charge in [0.25, 0.3) is 0 Å². The Balaban J connectivity index is 3.07. The van der Waals surface area contributed by atoms with E-state index >= 15 is 0 Å². The third kappa shape index (κ3) is 2.25. The first kappa shape index (κ1) is 9.65. The molecule has 2 heteroatoms. The van der Waals surface area contributed by atoms with E-state index in [1.165, 1.54) is 5.56 Å². The van der Waals surface area contributed by atoms with Crippen molar-refractivity contribution in [2.45, 2.75) is 6.92 Å². The van der Waals surface area contributed by atoms with Gasteiger partial charge in [-0.15, -0.1) is 0 Å². The Morgan fingerprint density at radius 2 is 2.00 bits per heavy atom. The Bertz CT molecular complexity index is 303. The summed E-state index contributed by atoms with van der Waals surface area (Å²) < 4.78 is 10.1.